The molecule has 0 aromatic heterocycles. The first-order chi connectivity index (χ1) is 6.67. The molecule has 0 amide bonds. The van der Waals surface area contributed by atoms with Gasteiger partial charge in [-0.1, -0.05) is 17.7 Å². The van der Waals surface area contributed by atoms with Gasteiger partial charge in [0.25, 0.3) is 0 Å². The molecule has 0 aliphatic heterocycles. The summed E-state index contributed by atoms with van der Waals surface area (Å²) in [6, 6.07) is 6.56. The van der Waals surface area contributed by atoms with E-state index in [0.717, 1.165) is 5.56 Å². The van der Waals surface area contributed by atoms with Crippen LogP contribution in [0.2, 0.25) is 5.02 Å². The Bertz CT molecular complexity index is 360. The lowest BCUT2D eigenvalue weighted by molar-refractivity contribution is 0.623. The number of nitrogens with zero attached hydrogens (tertiary/aromatic N) is 1. The van der Waals surface area contributed by atoms with E-state index in [2.05, 4.69) is 0 Å². The minimum Gasteiger partial charge on any atom is -0.205 e. The molecule has 0 saturated carbocycles. The third-order valence-electron chi connectivity index (χ3n) is 1.83. The van der Waals surface area contributed by atoms with Gasteiger partial charge in [0.05, 0.1) is 17.0 Å². The minimum atomic E-state index is -0.463. The van der Waals surface area contributed by atoms with Crippen LogP contribution in [-0.4, -0.2) is 5.88 Å². The monoisotopic (exact) mass is 231 g/mol. The molecule has 0 N–H and O–H groups in total. The van der Waals surface area contributed by atoms with Gasteiger partial charge in [0.2, 0.25) is 0 Å². The summed E-state index contributed by atoms with van der Waals surface area (Å²) in [7, 11) is 0. The molecule has 0 heterocycles. The highest BCUT2D eigenvalue weighted by molar-refractivity contribution is 6.30. The van der Waals surface area contributed by atoms with Crippen LogP contribution in [0.25, 0.3) is 0 Å². The number of rotatable bonds is 3. The van der Waals surface area contributed by atoms with Crippen LogP contribution in [0.5, 0.6) is 0 Å². The number of hydrogen-bond acceptors (Lipinski definition) is 1. The molecule has 1 aromatic carbocycles. The van der Waals surface area contributed by atoms with Crippen LogP contribution in [0.15, 0.2) is 18.2 Å². The van der Waals surface area contributed by atoms with Crippen molar-refractivity contribution in [2.24, 2.45) is 5.92 Å². The molecule has 1 atom stereocenters. The summed E-state index contributed by atoms with van der Waals surface area (Å²) in [4.78, 5) is 0. The summed E-state index contributed by atoms with van der Waals surface area (Å²) >= 11 is 11.1. The van der Waals surface area contributed by atoms with Crippen molar-refractivity contribution in [2.45, 2.75) is 6.42 Å². The molecule has 1 nitrogen and oxygen atoms in total. The quantitative estimate of drug-likeness (QED) is 0.732. The van der Waals surface area contributed by atoms with Gasteiger partial charge >= 0.3 is 0 Å². The van der Waals surface area contributed by atoms with Gasteiger partial charge in [-0.15, -0.1) is 11.6 Å². The Morgan fingerprint density at radius 2 is 2.21 bits per heavy atom. The smallest absolute Gasteiger partial charge is 0.142 e. The molecular weight excluding hydrogens is 224 g/mol. The standard InChI is InChI=1S/C10H8Cl2FN/c11-5-8(6-14)3-7-1-2-9(12)10(13)4-7/h1-2,4,8H,3,5H2. The highest BCUT2D eigenvalue weighted by Gasteiger charge is 2.08. The Labute approximate surface area is 92.1 Å². The molecule has 0 bridgehead atoms. The van der Waals surface area contributed by atoms with Crippen LogP contribution in [-0.2, 0) is 6.42 Å². The number of alkyl halides is 1. The van der Waals surface area contributed by atoms with E-state index >= 15 is 0 Å². The first kappa shape index (κ1) is 11.3. The Morgan fingerprint density at radius 1 is 1.50 bits per heavy atom. The zero-order valence-electron chi connectivity index (χ0n) is 7.30. The van der Waals surface area contributed by atoms with Crippen LogP contribution < -0.4 is 0 Å². The molecule has 4 heteroatoms. The number of halogens is 3. The molecule has 1 rings (SSSR count). The fraction of sp³-hybridized carbons (Fsp3) is 0.300. The average molecular weight is 232 g/mol. The number of nitriles is 1. The van der Waals surface area contributed by atoms with E-state index in [9.17, 15) is 4.39 Å². The van der Waals surface area contributed by atoms with Gasteiger partial charge in [0.1, 0.15) is 5.82 Å². The lowest BCUT2D eigenvalue weighted by Gasteiger charge is -2.05. The lowest BCUT2D eigenvalue weighted by Crippen LogP contribution is -2.03. The fourth-order valence-electron chi connectivity index (χ4n) is 1.09. The SMILES string of the molecule is N#CC(CCl)Cc1ccc(Cl)c(F)c1. The highest BCUT2D eigenvalue weighted by Crippen LogP contribution is 2.18. The molecule has 0 aliphatic rings. The molecule has 1 aromatic rings. The maximum absolute atomic E-state index is 13.0. The van der Waals surface area contributed by atoms with E-state index in [1.807, 2.05) is 6.07 Å². The summed E-state index contributed by atoms with van der Waals surface area (Å²) in [5.41, 5.74) is 0.735. The molecular formula is C10H8Cl2FN. The topological polar surface area (TPSA) is 23.8 Å². The van der Waals surface area contributed by atoms with Crippen LogP contribution in [0.1, 0.15) is 5.56 Å². The summed E-state index contributed by atoms with van der Waals surface area (Å²) in [6.07, 6.45) is 0.452. The second-order valence-corrected chi connectivity index (χ2v) is 3.65. The predicted octanol–water partition coefficient (Wildman–Crippen LogP) is 3.40. The predicted molar refractivity (Wildman–Crippen MR) is 54.9 cm³/mol. The zero-order valence-corrected chi connectivity index (χ0v) is 8.82. The van der Waals surface area contributed by atoms with Gasteiger partial charge in [0, 0.05) is 5.88 Å². The first-order valence-corrected chi connectivity index (χ1v) is 4.98. The second-order valence-electron chi connectivity index (χ2n) is 2.93. The van der Waals surface area contributed by atoms with Crippen molar-refractivity contribution in [2.75, 3.05) is 5.88 Å². The molecule has 74 valence electrons. The Morgan fingerprint density at radius 3 is 2.71 bits per heavy atom. The largest absolute Gasteiger partial charge is 0.205 e. The third kappa shape index (κ3) is 2.87. The average Bonchev–Trinajstić information content (AvgIpc) is 2.19. The molecule has 0 fully saturated rings. The van der Waals surface area contributed by atoms with E-state index in [1.165, 1.54) is 12.1 Å². The fourth-order valence-corrected chi connectivity index (χ4v) is 1.38. The van der Waals surface area contributed by atoms with Crippen molar-refractivity contribution < 1.29 is 4.39 Å². The lowest BCUT2D eigenvalue weighted by atomic mass is 10.0. The summed E-state index contributed by atoms with van der Waals surface area (Å²) in [5, 5.41) is 8.75. The van der Waals surface area contributed by atoms with Crippen LogP contribution in [0.3, 0.4) is 0 Å². The maximum atomic E-state index is 13.0. The second kappa shape index (κ2) is 5.19. The Kier molecular flexibility index (Phi) is 4.19. The van der Waals surface area contributed by atoms with Crippen molar-refractivity contribution >= 4 is 23.2 Å². The van der Waals surface area contributed by atoms with Crippen molar-refractivity contribution in [3.8, 4) is 6.07 Å². The van der Waals surface area contributed by atoms with E-state index in [1.54, 1.807) is 6.07 Å². The van der Waals surface area contributed by atoms with Crippen molar-refractivity contribution in [3.63, 3.8) is 0 Å². The molecule has 0 spiro atoms. The molecule has 0 saturated heterocycles. The summed E-state index contributed by atoms with van der Waals surface area (Å²) in [5.74, 6) is -0.492. The summed E-state index contributed by atoms with van der Waals surface area (Å²) in [6.45, 7) is 0. The first-order valence-electron chi connectivity index (χ1n) is 4.07. The van der Waals surface area contributed by atoms with E-state index < -0.39 is 5.82 Å². The molecule has 0 aliphatic carbocycles. The Balaban J connectivity index is 2.78. The Hall–Kier alpha value is -0.780. The van der Waals surface area contributed by atoms with E-state index in [4.69, 9.17) is 28.5 Å². The summed E-state index contributed by atoms with van der Waals surface area (Å²) < 4.78 is 13.0. The highest BCUT2D eigenvalue weighted by atomic mass is 35.5. The maximum Gasteiger partial charge on any atom is 0.142 e. The van der Waals surface area contributed by atoms with Gasteiger partial charge in [0.15, 0.2) is 0 Å². The van der Waals surface area contributed by atoms with Crippen molar-refractivity contribution in [1.82, 2.24) is 0 Å². The molecule has 0 radical (unpaired) electrons. The van der Waals surface area contributed by atoms with Crippen LogP contribution >= 0.6 is 23.2 Å². The van der Waals surface area contributed by atoms with Gasteiger partial charge in [-0.3, -0.25) is 0 Å². The third-order valence-corrected chi connectivity index (χ3v) is 2.51. The zero-order chi connectivity index (χ0) is 10.6. The van der Waals surface area contributed by atoms with Gasteiger partial charge in [-0.2, -0.15) is 5.26 Å². The van der Waals surface area contributed by atoms with Crippen LogP contribution in [0, 0.1) is 23.1 Å². The van der Waals surface area contributed by atoms with Gasteiger partial charge in [-0.05, 0) is 24.1 Å². The number of benzene rings is 1. The van der Waals surface area contributed by atoms with Crippen LogP contribution in [0.4, 0.5) is 4.39 Å². The van der Waals surface area contributed by atoms with E-state index in [-0.39, 0.29) is 16.8 Å². The number of hydrogen-bond donors (Lipinski definition) is 0. The van der Waals surface area contributed by atoms with Crippen molar-refractivity contribution in [3.05, 3.63) is 34.6 Å². The van der Waals surface area contributed by atoms with Gasteiger partial charge < -0.3 is 0 Å². The normalized spacial score (nSPS) is 12.1. The molecule has 14 heavy (non-hydrogen) atoms. The van der Waals surface area contributed by atoms with E-state index in [0.29, 0.717) is 6.42 Å². The van der Waals surface area contributed by atoms with Crippen molar-refractivity contribution in [1.29, 1.82) is 5.26 Å². The minimum absolute atomic E-state index is 0.0909. The molecule has 1 unspecified atom stereocenters. The van der Waals surface area contributed by atoms with Gasteiger partial charge in [-0.25, -0.2) is 4.39 Å².